The van der Waals surface area contributed by atoms with Gasteiger partial charge in [0, 0.05) is 22.9 Å². The summed E-state index contributed by atoms with van der Waals surface area (Å²) >= 11 is 1.64. The Labute approximate surface area is 190 Å². The molecule has 2 aromatic rings. The highest BCUT2D eigenvalue weighted by Gasteiger charge is 2.28. The number of carbonyl (C=O) groups excluding carboxylic acids is 3. The first-order chi connectivity index (χ1) is 15.6. The Balaban J connectivity index is 1.17. The number of nitrogens with zero attached hydrogens (tertiary/aromatic N) is 1. The molecule has 1 aromatic carbocycles. The summed E-state index contributed by atoms with van der Waals surface area (Å²) in [5.41, 5.74) is 0.629. The topological polar surface area (TPSA) is 97.0 Å². The second-order valence-electron chi connectivity index (χ2n) is 7.91. The summed E-state index contributed by atoms with van der Waals surface area (Å²) in [6, 6.07) is 8.83. The molecule has 2 aliphatic rings. The smallest absolute Gasteiger partial charge is 0.321 e. The quantitative estimate of drug-likeness (QED) is 0.620. The van der Waals surface area contributed by atoms with Crippen molar-refractivity contribution >= 4 is 29.1 Å². The lowest BCUT2D eigenvalue weighted by atomic mass is 9.88. The highest BCUT2D eigenvalue weighted by molar-refractivity contribution is 7.09. The number of Topliss-reactive ketones (excluding diaryl/α,β-unsaturated/α-hetero) is 1. The number of amides is 3. The number of benzene rings is 1. The van der Waals surface area contributed by atoms with E-state index in [2.05, 4.69) is 10.6 Å². The highest BCUT2D eigenvalue weighted by Crippen LogP contribution is 2.32. The summed E-state index contributed by atoms with van der Waals surface area (Å²) in [6.07, 6.45) is 2.09. The van der Waals surface area contributed by atoms with Gasteiger partial charge in [-0.3, -0.25) is 19.8 Å². The van der Waals surface area contributed by atoms with Gasteiger partial charge in [-0.1, -0.05) is 6.07 Å². The van der Waals surface area contributed by atoms with Crippen LogP contribution in [0.5, 0.6) is 11.5 Å². The van der Waals surface area contributed by atoms with Gasteiger partial charge in [-0.25, -0.2) is 4.79 Å². The van der Waals surface area contributed by atoms with Gasteiger partial charge in [0.25, 0.3) is 0 Å². The lowest BCUT2D eigenvalue weighted by Crippen LogP contribution is -2.47. The molecule has 2 N–H and O–H groups in total. The van der Waals surface area contributed by atoms with Crippen molar-refractivity contribution in [2.45, 2.75) is 19.3 Å². The van der Waals surface area contributed by atoms with E-state index in [4.69, 9.17) is 9.47 Å². The van der Waals surface area contributed by atoms with Crippen molar-refractivity contribution < 1.29 is 23.9 Å². The van der Waals surface area contributed by atoms with Crippen LogP contribution in [0.25, 0.3) is 0 Å². The third-order valence-electron chi connectivity index (χ3n) is 5.64. The van der Waals surface area contributed by atoms with Gasteiger partial charge in [0.15, 0.2) is 17.3 Å². The Hall–Kier alpha value is -2.91. The number of ether oxygens (including phenoxy) is 2. The second kappa shape index (κ2) is 10.6. The summed E-state index contributed by atoms with van der Waals surface area (Å²) in [6.45, 7) is 2.89. The molecule has 3 amide bonds. The van der Waals surface area contributed by atoms with Gasteiger partial charge >= 0.3 is 6.03 Å². The third-order valence-corrected chi connectivity index (χ3v) is 6.58. The van der Waals surface area contributed by atoms with E-state index in [0.29, 0.717) is 62.8 Å². The first-order valence-electron chi connectivity index (χ1n) is 10.8. The van der Waals surface area contributed by atoms with Gasteiger partial charge in [0.1, 0.15) is 13.2 Å². The number of hydrogen-bond donors (Lipinski definition) is 2. The number of imide groups is 1. The molecule has 32 heavy (non-hydrogen) atoms. The SMILES string of the molecule is O=C(CN1CCC(C(=O)c2ccc3c(c2)OCCO3)CC1)NC(=O)NCCc1cccs1. The fourth-order valence-electron chi connectivity index (χ4n) is 3.95. The molecule has 9 heteroatoms. The number of fused-ring (bicyclic) bond motifs is 1. The summed E-state index contributed by atoms with van der Waals surface area (Å²) in [5.74, 6) is 0.956. The molecule has 1 saturated heterocycles. The van der Waals surface area contributed by atoms with Gasteiger partial charge in [-0.2, -0.15) is 0 Å². The Morgan fingerprint density at radius 1 is 1.06 bits per heavy atom. The molecule has 0 spiro atoms. The maximum absolute atomic E-state index is 12.9. The summed E-state index contributed by atoms with van der Waals surface area (Å²) in [5, 5.41) is 7.07. The number of carbonyl (C=O) groups is 3. The van der Waals surface area contributed by atoms with E-state index in [1.165, 1.54) is 4.88 Å². The largest absolute Gasteiger partial charge is 0.486 e. The minimum Gasteiger partial charge on any atom is -0.486 e. The van der Waals surface area contributed by atoms with Crippen LogP contribution in [-0.4, -0.2) is 62.0 Å². The molecule has 0 unspecified atom stereocenters. The minimum atomic E-state index is -0.477. The average Bonchev–Trinajstić information content (AvgIpc) is 3.32. The van der Waals surface area contributed by atoms with Crippen LogP contribution in [0.15, 0.2) is 35.7 Å². The summed E-state index contributed by atoms with van der Waals surface area (Å²) in [7, 11) is 0. The van der Waals surface area contributed by atoms with Crippen molar-refractivity contribution in [3.8, 4) is 11.5 Å². The second-order valence-corrected chi connectivity index (χ2v) is 8.94. The molecule has 3 heterocycles. The molecule has 0 aliphatic carbocycles. The zero-order chi connectivity index (χ0) is 22.3. The van der Waals surface area contributed by atoms with Crippen molar-refractivity contribution in [2.75, 3.05) is 39.4 Å². The Morgan fingerprint density at radius 2 is 1.84 bits per heavy atom. The minimum absolute atomic E-state index is 0.0857. The van der Waals surface area contributed by atoms with E-state index < -0.39 is 6.03 Å². The van der Waals surface area contributed by atoms with E-state index in [-0.39, 0.29) is 24.2 Å². The maximum atomic E-state index is 12.9. The van der Waals surface area contributed by atoms with Crippen LogP contribution >= 0.6 is 11.3 Å². The van der Waals surface area contributed by atoms with Gasteiger partial charge < -0.3 is 14.8 Å². The fourth-order valence-corrected chi connectivity index (χ4v) is 4.66. The van der Waals surface area contributed by atoms with E-state index in [1.807, 2.05) is 22.4 Å². The summed E-state index contributed by atoms with van der Waals surface area (Å²) in [4.78, 5) is 40.1. The van der Waals surface area contributed by atoms with Crippen LogP contribution < -0.4 is 20.1 Å². The molecule has 8 nitrogen and oxygen atoms in total. The molecule has 0 radical (unpaired) electrons. The van der Waals surface area contributed by atoms with E-state index in [0.717, 1.165) is 6.42 Å². The molecular weight excluding hydrogens is 430 g/mol. The van der Waals surface area contributed by atoms with Crippen LogP contribution in [0.1, 0.15) is 28.1 Å². The summed E-state index contributed by atoms with van der Waals surface area (Å²) < 4.78 is 11.1. The van der Waals surface area contributed by atoms with E-state index in [9.17, 15) is 14.4 Å². The molecule has 1 fully saturated rings. The van der Waals surface area contributed by atoms with Crippen LogP contribution in [0, 0.1) is 5.92 Å². The molecule has 2 aliphatic heterocycles. The zero-order valence-corrected chi connectivity index (χ0v) is 18.6. The molecule has 1 aromatic heterocycles. The van der Waals surface area contributed by atoms with Crippen molar-refractivity contribution in [2.24, 2.45) is 5.92 Å². The number of rotatable bonds is 7. The number of piperidine rings is 1. The number of likely N-dealkylation sites (tertiary alicyclic amines) is 1. The normalized spacial score (nSPS) is 16.4. The molecule has 170 valence electrons. The first kappa shape index (κ1) is 22.3. The van der Waals surface area contributed by atoms with Crippen LogP contribution in [0.4, 0.5) is 4.79 Å². The van der Waals surface area contributed by atoms with Crippen molar-refractivity contribution in [3.05, 3.63) is 46.2 Å². The van der Waals surface area contributed by atoms with Crippen LogP contribution in [0.2, 0.25) is 0 Å². The highest BCUT2D eigenvalue weighted by atomic mass is 32.1. The average molecular weight is 458 g/mol. The molecule has 4 rings (SSSR count). The Morgan fingerprint density at radius 3 is 2.59 bits per heavy atom. The Bertz CT molecular complexity index is 955. The van der Waals surface area contributed by atoms with Gasteiger partial charge in [-0.15, -0.1) is 11.3 Å². The number of nitrogens with one attached hydrogen (secondary N) is 2. The Kier molecular flexibility index (Phi) is 7.39. The van der Waals surface area contributed by atoms with Gasteiger partial charge in [0.2, 0.25) is 5.91 Å². The van der Waals surface area contributed by atoms with E-state index in [1.54, 1.807) is 29.5 Å². The number of ketones is 1. The lowest BCUT2D eigenvalue weighted by molar-refractivity contribution is -0.121. The molecular formula is C23H27N3O5S. The monoisotopic (exact) mass is 457 g/mol. The molecule has 0 atom stereocenters. The predicted molar refractivity (Wildman–Crippen MR) is 120 cm³/mol. The third kappa shape index (κ3) is 5.86. The van der Waals surface area contributed by atoms with Crippen LogP contribution in [-0.2, 0) is 11.2 Å². The van der Waals surface area contributed by atoms with Crippen molar-refractivity contribution in [1.29, 1.82) is 0 Å². The molecule has 0 bridgehead atoms. The number of urea groups is 1. The number of hydrogen-bond acceptors (Lipinski definition) is 7. The molecule has 0 saturated carbocycles. The van der Waals surface area contributed by atoms with Crippen molar-refractivity contribution in [3.63, 3.8) is 0 Å². The fraction of sp³-hybridized carbons (Fsp3) is 0.435. The predicted octanol–water partition coefficient (Wildman–Crippen LogP) is 2.48. The van der Waals surface area contributed by atoms with Gasteiger partial charge in [0.05, 0.1) is 6.54 Å². The van der Waals surface area contributed by atoms with E-state index >= 15 is 0 Å². The number of thiophene rings is 1. The van der Waals surface area contributed by atoms with Crippen LogP contribution in [0.3, 0.4) is 0 Å². The van der Waals surface area contributed by atoms with Gasteiger partial charge in [-0.05, 0) is 62.0 Å². The van der Waals surface area contributed by atoms with Crippen molar-refractivity contribution in [1.82, 2.24) is 15.5 Å². The standard InChI is InChI=1S/C23H27N3O5S/c27-21(25-23(29)24-8-5-18-2-1-13-32-18)15-26-9-6-16(7-10-26)22(28)17-3-4-19-20(14-17)31-12-11-30-19/h1-4,13-14,16H,5-12,15H2,(H2,24,25,27,29). The lowest BCUT2D eigenvalue weighted by Gasteiger charge is -2.30. The first-order valence-corrected chi connectivity index (χ1v) is 11.7. The maximum Gasteiger partial charge on any atom is 0.321 e. The zero-order valence-electron chi connectivity index (χ0n) is 17.8.